The second-order valence-electron chi connectivity index (χ2n) is 36.4. The predicted octanol–water partition coefficient (Wildman–Crippen LogP) is 42.6. The molecule has 0 radical (unpaired) electrons. The average Bonchev–Trinajstić information content (AvgIpc) is 0.673. The van der Waals surface area contributed by atoms with Crippen molar-refractivity contribution in [2.45, 2.75) is 0 Å². The highest BCUT2D eigenvalue weighted by Crippen LogP contribution is 2.54. The zero-order chi connectivity index (χ0) is 150. The zero-order valence-electron chi connectivity index (χ0n) is 137. The Kier molecular flexibility index (Phi) is 9.82. The van der Waals surface area contributed by atoms with Gasteiger partial charge in [-0.15, -0.1) is 0 Å². The Hall–Kier alpha value is -19.5. The molecule has 0 atom stereocenters. The fraction of sp³-hybridized carbons (Fsp3) is 0. The van der Waals surface area contributed by atoms with Crippen molar-refractivity contribution in [2.75, 3.05) is 0 Å². The lowest BCUT2D eigenvalue weighted by Gasteiger charge is -2.20. The minimum atomic E-state index is -1.24. The summed E-state index contributed by atoms with van der Waals surface area (Å²) in [6.07, 6.45) is 0. The number of fused-ring (bicyclic) bond motifs is 3. The molecule has 0 heterocycles. The first-order chi connectivity index (χ1) is 99.5. The summed E-state index contributed by atoms with van der Waals surface area (Å²) in [6, 6.07) is 8.92. The summed E-state index contributed by atoms with van der Waals surface area (Å²) in [7, 11) is 0. The molecule has 0 bridgehead atoms. The Morgan fingerprint density at radius 2 is 0.327 bits per heavy atom. The lowest BCUT2D eigenvalue weighted by molar-refractivity contribution is 1.59. The Balaban J connectivity index is 0.000000128. The van der Waals surface area contributed by atoms with Gasteiger partial charge in [-0.25, -0.2) is 0 Å². The molecule has 150 heavy (non-hydrogen) atoms. The molecule has 0 aromatic heterocycles. The van der Waals surface area contributed by atoms with Gasteiger partial charge in [-0.1, -0.05) is 526 Å². The number of hydrogen-bond donors (Lipinski definition) is 0. The summed E-state index contributed by atoms with van der Waals surface area (Å²) in [5.41, 5.74) is -4.53. The fourth-order valence-electron chi connectivity index (χ4n) is 22.2. The molecule has 0 N–H and O–H groups in total. The third-order valence-electron chi connectivity index (χ3n) is 28.8. The number of rotatable bonds is 10. The zero-order valence-corrected chi connectivity index (χ0v) is 77.2. The van der Waals surface area contributed by atoms with Crippen LogP contribution < -0.4 is 0 Å². The van der Waals surface area contributed by atoms with Crippen LogP contribution in [0.1, 0.15) is 82.2 Å². The highest BCUT2D eigenvalue weighted by atomic mass is 14.3. The van der Waals surface area contributed by atoms with Gasteiger partial charge in [-0.2, -0.15) is 0 Å². The van der Waals surface area contributed by atoms with Crippen LogP contribution in [-0.2, 0) is 0 Å². The van der Waals surface area contributed by atoms with Crippen LogP contribution in [0.4, 0.5) is 0 Å². The van der Waals surface area contributed by atoms with Crippen molar-refractivity contribution in [3.05, 3.63) is 532 Å². The van der Waals surface area contributed by atoms with E-state index in [-0.39, 0.29) is 126 Å². The van der Waals surface area contributed by atoms with E-state index in [2.05, 4.69) is 6.07 Å². The van der Waals surface area contributed by atoms with Gasteiger partial charge in [0.05, 0.1) is 82.2 Å². The summed E-state index contributed by atoms with van der Waals surface area (Å²) < 4.78 is 551. The molecule has 0 amide bonds. The molecule has 0 saturated heterocycles. The predicted molar refractivity (Wildman–Crippen MR) is 648 cm³/mol. The van der Waals surface area contributed by atoms with Crippen molar-refractivity contribution < 1.29 is 82.2 Å². The first-order valence-corrected chi connectivity index (χ1v) is 47.5. The van der Waals surface area contributed by atoms with Gasteiger partial charge in [0.25, 0.3) is 0 Å². The van der Waals surface area contributed by atoms with Crippen LogP contribution in [0.25, 0.3) is 337 Å². The summed E-state index contributed by atoms with van der Waals surface area (Å²) in [6.45, 7) is 0. The molecule has 0 nitrogen and oxygen atoms in total. The highest BCUT2D eigenvalue weighted by Gasteiger charge is 2.27. The van der Waals surface area contributed by atoms with Crippen LogP contribution in [-0.4, -0.2) is 0 Å². The van der Waals surface area contributed by atoms with E-state index in [1.54, 1.807) is 60.7 Å². The van der Waals surface area contributed by atoms with E-state index in [0.717, 1.165) is 64.6 Å². The van der Waals surface area contributed by atoms with Gasteiger partial charge in [0.15, 0.2) is 0 Å². The van der Waals surface area contributed by atoms with Crippen LogP contribution in [0, 0.1) is 0 Å². The topological polar surface area (TPSA) is 0 Å². The second-order valence-corrected chi connectivity index (χ2v) is 36.4. The number of benzene rings is 34. The fourth-order valence-corrected chi connectivity index (χ4v) is 22.2. The normalized spacial score (nSPS) is 17.7. The Morgan fingerprint density at radius 1 is 0.0933 bits per heavy atom. The summed E-state index contributed by atoms with van der Waals surface area (Å²) >= 11 is 0. The van der Waals surface area contributed by atoms with E-state index in [4.69, 9.17) is 45.2 Å². The summed E-state index contributed by atoms with van der Waals surface area (Å²) in [5, 5.41) is 3.85. The maximum Gasteiger partial charge on any atom is 0.0636 e. The van der Waals surface area contributed by atoms with Crippen molar-refractivity contribution in [2.24, 2.45) is 0 Å². The van der Waals surface area contributed by atoms with Crippen molar-refractivity contribution in [3.8, 4) is 111 Å². The van der Waals surface area contributed by atoms with Crippen molar-refractivity contribution in [1.29, 1.82) is 0 Å². The van der Waals surface area contributed by atoms with Crippen molar-refractivity contribution in [1.82, 2.24) is 0 Å². The molecule has 0 aliphatic carbocycles. The molecule has 0 aliphatic heterocycles. The van der Waals surface area contributed by atoms with Gasteiger partial charge in [0, 0.05) is 0 Å². The van der Waals surface area contributed by atoms with Crippen LogP contribution in [0.2, 0.25) is 0 Å². The molecule has 688 valence electrons. The van der Waals surface area contributed by atoms with E-state index >= 15 is 0 Å². The molecular weight excluding hydrogens is 1800 g/mol. The Bertz CT molecular complexity index is 15500. The maximum atomic E-state index is 10.3. The van der Waals surface area contributed by atoms with Gasteiger partial charge in [0.1, 0.15) is 0 Å². The van der Waals surface area contributed by atoms with Gasteiger partial charge < -0.3 is 0 Å². The Labute approximate surface area is 949 Å². The van der Waals surface area contributed by atoms with Crippen LogP contribution in [0.15, 0.2) is 532 Å². The molecule has 34 aromatic carbocycles. The lowest BCUT2D eigenvalue weighted by atomic mass is 9.83. The summed E-state index contributed by atoms with van der Waals surface area (Å²) in [5.74, 6) is 0. The van der Waals surface area contributed by atoms with E-state index in [1.807, 2.05) is 103 Å². The molecule has 0 saturated carbocycles. The molecule has 0 aliphatic rings. The molecule has 0 spiro atoms. The van der Waals surface area contributed by atoms with E-state index in [1.165, 1.54) is 0 Å². The van der Waals surface area contributed by atoms with Gasteiger partial charge >= 0.3 is 0 Å². The van der Waals surface area contributed by atoms with E-state index in [0.29, 0.717) is 44.2 Å². The van der Waals surface area contributed by atoms with E-state index in [9.17, 15) is 37.0 Å². The van der Waals surface area contributed by atoms with Crippen LogP contribution in [0.5, 0.6) is 0 Å². The molecule has 0 unspecified atom stereocenters. The standard InChI is InChI=1S/C54H32.2C48H28/c1-2-8-33(9-3-1)40-24-27-46(45-26-21-39-19-17-35-11-7-13-37-23-29-49(45)54(39)52(35)37)50(32-40)47-31-30-43(41-14-4-5-15-42(41)47)44-25-20-38-18-16-34-10-6-12-36-22-28-48(44)53(38)51(34)36;2*1-2-12-36-35(11-1)39(27-28-40(36)42-24-20-34-18-16-30-8-6-10-32-22-26-44(42)48(34)46(30)32)37-13-3-4-14-38(37)41-23-19-33-17-15-29-7-5-9-31-21-25-43(41)47(33)45(29)31/h1-32H;2*1-28H/i1D,2D,3D,4D,5D,6D,7D,8D,9D,10D,11D,12D,13D,14D,15D,16D,17D,18D,19D,20D,21D,22D,23D,24D,25D,26D,27D,28D,29D,30D,31D,32D;5D,6D,7D,8D,9D,10D,15D,16D,17D,18D,19D,20D,21D,22D,23D,24D,25D,26D;1D,2D,3D,4D,11D,12D,13D,14D,27D,28D. The minimum absolute atomic E-state index is 0.00496. The molecule has 0 heteroatoms. The van der Waals surface area contributed by atoms with Crippen molar-refractivity contribution >= 4 is 226 Å². The molecular formula is C150H88. The van der Waals surface area contributed by atoms with Gasteiger partial charge in [-0.05, 0) is 344 Å². The first kappa shape index (κ1) is 44.6. The molecule has 34 aromatic rings. The average molecular weight is 1950 g/mol. The highest BCUT2D eigenvalue weighted by molar-refractivity contribution is 6.34. The first-order valence-electron chi connectivity index (χ1n) is 77.5. The third kappa shape index (κ3) is 12.7. The second kappa shape index (κ2) is 33.0. The summed E-state index contributed by atoms with van der Waals surface area (Å²) in [4.78, 5) is 0. The maximum absolute atomic E-state index is 10.3. The number of hydrogen-bond acceptors (Lipinski definition) is 0. The van der Waals surface area contributed by atoms with Crippen LogP contribution in [0.3, 0.4) is 0 Å². The van der Waals surface area contributed by atoms with E-state index < -0.39 is 465 Å². The lowest BCUT2D eigenvalue weighted by Crippen LogP contribution is -1.93. The minimum Gasteiger partial charge on any atom is -0.0622 e. The molecule has 0 fully saturated rings. The SMILES string of the molecule is [2H]c1c([2H])c([2H])c(-c2c([2H])c([2H])c(-c3c([2H])c([2H])c4c([2H])c([2H])c5c([2H])c([2H])c([2H])c6c([2H])c([2H])c3c4c56)c(-c3c([2H])c([2H])c(-c4c([2H])c([2H])c5c([2H])c([2H])c6c([2H])c([2H])c([2H])c7c([2H])c([2H])c4c5c67)c4c([2H])c([2H])c([2H])c([2H])c34)c2[2H])c([2H])c1[2H].[2H]c1c([2H])c([2H])c(-c2c([2H])c([2H])c(-c3ccc4ccc5cccc6ccc3c4c56)c3c([2H])c([2H])c([2H])c([2H])c23)c(-c2ccc3ccc4cccc5ccc2c3c45)c1[2H].[2H]c1c([2H])c2c([2H])c([2H])c3c([2H])c([2H])c(-c4ccccc4-c4ccc(-c5c([2H])c([2H])c6c([2H])c([2H])c7c([2H])c([2H])c([2H])c8c([2H])c([2H])c5c6c78)c5ccccc45)c4c([2H])c([2H])c(c1[2H])c2c34. The monoisotopic (exact) mass is 1950 g/mol. The van der Waals surface area contributed by atoms with Crippen LogP contribution >= 0.6 is 0 Å². The van der Waals surface area contributed by atoms with Gasteiger partial charge in [-0.3, -0.25) is 0 Å². The largest absolute Gasteiger partial charge is 0.0636 e. The van der Waals surface area contributed by atoms with Crippen molar-refractivity contribution in [3.63, 3.8) is 0 Å². The quantitative estimate of drug-likeness (QED) is 0.120. The smallest absolute Gasteiger partial charge is 0.0622 e. The van der Waals surface area contributed by atoms with Gasteiger partial charge in [0.2, 0.25) is 0 Å². The Morgan fingerprint density at radius 3 is 0.740 bits per heavy atom. The molecule has 34 rings (SSSR count). The third-order valence-corrected chi connectivity index (χ3v) is 28.8.